The van der Waals surface area contributed by atoms with Crippen molar-refractivity contribution in [1.29, 1.82) is 0 Å². The van der Waals surface area contributed by atoms with Crippen LogP contribution in [0.3, 0.4) is 0 Å². The molecule has 1 aromatic heterocycles. The summed E-state index contributed by atoms with van der Waals surface area (Å²) in [6.07, 6.45) is 4.54. The number of imidazole rings is 1. The highest BCUT2D eigenvalue weighted by Crippen LogP contribution is 2.10. The Bertz CT molecular complexity index is 894. The van der Waals surface area contributed by atoms with Crippen molar-refractivity contribution in [3.05, 3.63) is 18.2 Å². The zero-order chi connectivity index (χ0) is 28.0. The molecule has 5 unspecified atom stereocenters. The third-order valence-corrected chi connectivity index (χ3v) is 6.00. The lowest BCUT2D eigenvalue weighted by atomic mass is 9.98. The number of carbonyl (C=O) groups is 5. The van der Waals surface area contributed by atoms with Crippen molar-refractivity contribution in [1.82, 2.24) is 25.9 Å². The van der Waals surface area contributed by atoms with Crippen LogP contribution in [-0.2, 0) is 30.4 Å². The second kappa shape index (κ2) is 16.3. The Kier molecular flexibility index (Phi) is 13.9. The molecule has 0 saturated heterocycles. The highest BCUT2D eigenvalue weighted by atomic mass is 16.4. The summed E-state index contributed by atoms with van der Waals surface area (Å²) in [7, 11) is 0. The maximum absolute atomic E-state index is 13.1. The highest BCUT2D eigenvalue weighted by Gasteiger charge is 2.32. The molecule has 1 heterocycles. The zero-order valence-electron chi connectivity index (χ0n) is 21.4. The molecule has 0 spiro atoms. The van der Waals surface area contributed by atoms with Crippen molar-refractivity contribution in [2.45, 2.75) is 83.0 Å². The fraction of sp³-hybridized carbons (Fsp3) is 0.652. The Hall–Kier alpha value is -3.52. The van der Waals surface area contributed by atoms with Gasteiger partial charge in [-0.15, -0.1) is 0 Å². The van der Waals surface area contributed by atoms with Crippen LogP contribution in [0.2, 0.25) is 0 Å². The van der Waals surface area contributed by atoms with Gasteiger partial charge in [0.05, 0.1) is 12.4 Å². The molecule has 208 valence electrons. The molecule has 0 fully saturated rings. The largest absolute Gasteiger partial charge is 0.480 e. The number of aliphatic carboxylic acids is 1. The number of aromatic nitrogens is 2. The van der Waals surface area contributed by atoms with Crippen LogP contribution in [0.25, 0.3) is 0 Å². The number of hydrogen-bond donors (Lipinski definition) is 8. The van der Waals surface area contributed by atoms with Gasteiger partial charge in [-0.2, -0.15) is 0 Å². The zero-order valence-corrected chi connectivity index (χ0v) is 21.4. The predicted molar refractivity (Wildman–Crippen MR) is 134 cm³/mol. The van der Waals surface area contributed by atoms with Crippen LogP contribution in [0.4, 0.5) is 0 Å². The molecule has 0 aliphatic rings. The molecule has 0 aliphatic carbocycles. The number of carboxylic acid groups (broad SMARTS) is 1. The van der Waals surface area contributed by atoms with E-state index in [1.165, 1.54) is 12.5 Å². The number of unbranched alkanes of at least 4 members (excludes halogenated alkanes) is 1. The lowest BCUT2D eigenvalue weighted by Gasteiger charge is -2.26. The third kappa shape index (κ3) is 11.4. The number of carbonyl (C=O) groups excluding carboxylic acids is 4. The van der Waals surface area contributed by atoms with E-state index in [9.17, 15) is 29.1 Å². The van der Waals surface area contributed by atoms with Gasteiger partial charge >= 0.3 is 5.97 Å². The molecular formula is C23H40N8O6. The molecule has 14 nitrogen and oxygen atoms in total. The fourth-order valence-electron chi connectivity index (χ4n) is 3.53. The van der Waals surface area contributed by atoms with Gasteiger partial charge in [0, 0.05) is 24.7 Å². The Balaban J connectivity index is 3.00. The van der Waals surface area contributed by atoms with Crippen LogP contribution < -0.4 is 33.2 Å². The maximum atomic E-state index is 13.1. The lowest BCUT2D eigenvalue weighted by molar-refractivity contribution is -0.144. The van der Waals surface area contributed by atoms with Crippen LogP contribution in [0.15, 0.2) is 12.5 Å². The average Bonchev–Trinajstić information content (AvgIpc) is 3.36. The number of rotatable bonds is 18. The summed E-state index contributed by atoms with van der Waals surface area (Å²) in [6.45, 7) is 3.87. The van der Waals surface area contributed by atoms with Gasteiger partial charge in [0.2, 0.25) is 23.6 Å². The normalized spacial score (nSPS) is 15.0. The Morgan fingerprint density at radius 2 is 1.65 bits per heavy atom. The molecule has 37 heavy (non-hydrogen) atoms. The Labute approximate surface area is 215 Å². The van der Waals surface area contributed by atoms with Crippen LogP contribution in [0.1, 0.15) is 58.1 Å². The maximum Gasteiger partial charge on any atom is 0.326 e. The summed E-state index contributed by atoms with van der Waals surface area (Å²) >= 11 is 0. The first-order valence-corrected chi connectivity index (χ1v) is 12.3. The van der Waals surface area contributed by atoms with E-state index in [0.717, 1.165) is 0 Å². The summed E-state index contributed by atoms with van der Waals surface area (Å²) in [5.41, 5.74) is 17.3. The molecular weight excluding hydrogens is 484 g/mol. The molecule has 1 rings (SSSR count). The quantitative estimate of drug-likeness (QED) is 0.101. The van der Waals surface area contributed by atoms with Crippen LogP contribution in [0.5, 0.6) is 0 Å². The molecule has 1 aromatic rings. The predicted octanol–water partition coefficient (Wildman–Crippen LogP) is -1.74. The van der Waals surface area contributed by atoms with E-state index < -0.39 is 53.8 Å². The number of nitrogens with two attached hydrogens (primary N) is 3. The molecule has 0 saturated carbocycles. The van der Waals surface area contributed by atoms with Gasteiger partial charge in [-0.25, -0.2) is 9.78 Å². The Morgan fingerprint density at radius 3 is 2.19 bits per heavy atom. The number of carboxylic acids is 1. The summed E-state index contributed by atoms with van der Waals surface area (Å²) in [6, 6.07) is -4.45. The molecule has 0 aromatic carbocycles. The summed E-state index contributed by atoms with van der Waals surface area (Å²) in [5, 5.41) is 17.1. The minimum Gasteiger partial charge on any atom is -0.480 e. The summed E-state index contributed by atoms with van der Waals surface area (Å²) in [4.78, 5) is 68.5. The monoisotopic (exact) mass is 524 g/mol. The third-order valence-electron chi connectivity index (χ3n) is 6.00. The highest BCUT2D eigenvalue weighted by molar-refractivity contribution is 5.94. The number of H-pyrrole nitrogens is 1. The van der Waals surface area contributed by atoms with Crippen LogP contribution in [0, 0.1) is 5.92 Å². The molecule has 11 N–H and O–H groups in total. The summed E-state index contributed by atoms with van der Waals surface area (Å²) < 4.78 is 0. The summed E-state index contributed by atoms with van der Waals surface area (Å²) in [5.74, 6) is -4.26. The van der Waals surface area contributed by atoms with Gasteiger partial charge in [-0.1, -0.05) is 20.3 Å². The SMILES string of the molecule is CCC(C)C(NC(=O)C(CCCCN)NC(=O)C(CCC(N)=O)NC(=O)C(N)Cc1cnc[nH]1)C(=O)O. The van der Waals surface area contributed by atoms with E-state index in [-0.39, 0.29) is 31.6 Å². The minimum absolute atomic E-state index is 0.120. The van der Waals surface area contributed by atoms with E-state index in [4.69, 9.17) is 17.2 Å². The molecule has 14 heteroatoms. The lowest BCUT2D eigenvalue weighted by Crippen LogP contribution is -2.58. The van der Waals surface area contributed by atoms with E-state index >= 15 is 0 Å². The van der Waals surface area contributed by atoms with Gasteiger partial charge in [0.1, 0.15) is 18.1 Å². The number of nitrogens with one attached hydrogen (secondary N) is 4. The number of primary amides is 1. The second-order valence-electron chi connectivity index (χ2n) is 9.01. The van der Waals surface area contributed by atoms with Crippen molar-refractivity contribution in [3.63, 3.8) is 0 Å². The van der Waals surface area contributed by atoms with Crippen molar-refractivity contribution >= 4 is 29.6 Å². The van der Waals surface area contributed by atoms with Gasteiger partial charge < -0.3 is 43.2 Å². The van der Waals surface area contributed by atoms with Gasteiger partial charge in [-0.3, -0.25) is 19.2 Å². The number of amides is 4. The smallest absolute Gasteiger partial charge is 0.326 e. The van der Waals surface area contributed by atoms with E-state index in [0.29, 0.717) is 31.5 Å². The van der Waals surface area contributed by atoms with Crippen molar-refractivity contribution < 1.29 is 29.1 Å². The van der Waals surface area contributed by atoms with Gasteiger partial charge in [-0.05, 0) is 38.1 Å². The van der Waals surface area contributed by atoms with E-state index in [1.54, 1.807) is 13.8 Å². The van der Waals surface area contributed by atoms with Crippen LogP contribution >= 0.6 is 0 Å². The van der Waals surface area contributed by atoms with Gasteiger partial charge in [0.15, 0.2) is 0 Å². The van der Waals surface area contributed by atoms with Gasteiger partial charge in [0.25, 0.3) is 0 Å². The van der Waals surface area contributed by atoms with E-state index in [2.05, 4.69) is 25.9 Å². The molecule has 0 radical (unpaired) electrons. The standard InChI is InChI=1S/C23H40N8O6/c1-3-13(2)19(23(36)37)31-22(35)16(6-4-5-9-24)30-21(34)17(7-8-18(26)32)29-20(33)15(25)10-14-11-27-12-28-14/h11-13,15-17,19H,3-10,24-25H2,1-2H3,(H2,26,32)(H,27,28)(H,29,33)(H,30,34)(H,31,35)(H,36,37). The van der Waals surface area contributed by atoms with Crippen molar-refractivity contribution in [2.75, 3.05) is 6.54 Å². The number of aromatic amines is 1. The van der Waals surface area contributed by atoms with E-state index in [1.807, 2.05) is 0 Å². The number of nitrogens with zero attached hydrogens (tertiary/aromatic N) is 1. The molecule has 4 amide bonds. The van der Waals surface area contributed by atoms with Crippen LogP contribution in [-0.4, -0.2) is 75.4 Å². The molecule has 0 aliphatic heterocycles. The Morgan fingerprint density at radius 1 is 1.03 bits per heavy atom. The van der Waals surface area contributed by atoms with Crippen molar-refractivity contribution in [3.8, 4) is 0 Å². The number of hydrogen-bond acceptors (Lipinski definition) is 8. The first-order chi connectivity index (χ1) is 17.5. The fourth-order valence-corrected chi connectivity index (χ4v) is 3.53. The topological polar surface area (TPSA) is 248 Å². The average molecular weight is 525 g/mol. The molecule has 0 bridgehead atoms. The molecule has 5 atom stereocenters. The van der Waals surface area contributed by atoms with Crippen molar-refractivity contribution in [2.24, 2.45) is 23.1 Å². The first kappa shape index (κ1) is 31.5. The first-order valence-electron chi connectivity index (χ1n) is 12.3. The second-order valence-corrected chi connectivity index (χ2v) is 9.01. The minimum atomic E-state index is -1.21.